The highest BCUT2D eigenvalue weighted by atomic mass is 16.5. The van der Waals surface area contributed by atoms with E-state index in [4.69, 9.17) is 4.74 Å². The largest absolute Gasteiger partial charge is 0.492 e. The van der Waals surface area contributed by atoms with Gasteiger partial charge in [0.25, 0.3) is 0 Å². The second-order valence-corrected chi connectivity index (χ2v) is 5.84. The quantitative estimate of drug-likeness (QED) is 0.776. The van der Waals surface area contributed by atoms with E-state index in [0.717, 1.165) is 51.3 Å². The number of hydrogen-bond donors (Lipinski definition) is 0. The highest BCUT2D eigenvalue weighted by Crippen LogP contribution is 2.14. The molecule has 4 heteroatoms. The minimum Gasteiger partial charge on any atom is -0.492 e. The van der Waals surface area contributed by atoms with Crippen molar-refractivity contribution in [3.63, 3.8) is 0 Å². The van der Waals surface area contributed by atoms with Gasteiger partial charge in [-0.3, -0.25) is 9.69 Å². The minimum absolute atomic E-state index is 0.202. The van der Waals surface area contributed by atoms with E-state index in [1.54, 1.807) is 0 Å². The maximum Gasteiger partial charge on any atom is 0.225 e. The van der Waals surface area contributed by atoms with Crippen molar-refractivity contribution in [2.24, 2.45) is 5.92 Å². The number of rotatable bonds is 7. The van der Waals surface area contributed by atoms with Crippen LogP contribution in [0.25, 0.3) is 0 Å². The van der Waals surface area contributed by atoms with Gasteiger partial charge in [0.2, 0.25) is 5.91 Å². The first-order valence-corrected chi connectivity index (χ1v) is 8.43. The van der Waals surface area contributed by atoms with Crippen LogP contribution in [0.5, 0.6) is 5.75 Å². The number of ether oxygens (including phenoxy) is 1. The van der Waals surface area contributed by atoms with E-state index in [-0.39, 0.29) is 5.92 Å². The van der Waals surface area contributed by atoms with Gasteiger partial charge >= 0.3 is 0 Å². The van der Waals surface area contributed by atoms with Crippen LogP contribution >= 0.6 is 0 Å². The average molecular weight is 304 g/mol. The normalized spacial score (nSPS) is 16.0. The number of amides is 1. The first kappa shape index (κ1) is 16.8. The molecule has 1 aliphatic heterocycles. The Labute approximate surface area is 134 Å². The fraction of sp³-hybridized carbons (Fsp3) is 0.611. The van der Waals surface area contributed by atoms with Crippen LogP contribution in [0.15, 0.2) is 30.3 Å². The van der Waals surface area contributed by atoms with Crippen LogP contribution in [0.1, 0.15) is 26.7 Å². The lowest BCUT2D eigenvalue weighted by Crippen LogP contribution is -2.51. The summed E-state index contributed by atoms with van der Waals surface area (Å²) in [6.45, 7) is 9.41. The van der Waals surface area contributed by atoms with Crippen LogP contribution < -0.4 is 4.74 Å². The summed E-state index contributed by atoms with van der Waals surface area (Å²) in [5.41, 5.74) is 0. The van der Waals surface area contributed by atoms with E-state index in [1.165, 1.54) is 0 Å². The second kappa shape index (κ2) is 8.79. The number of carbonyl (C=O) groups excluding carboxylic acids is 1. The van der Waals surface area contributed by atoms with Crippen LogP contribution in [-0.4, -0.2) is 55.0 Å². The minimum atomic E-state index is 0.202. The monoisotopic (exact) mass is 304 g/mol. The third-order valence-corrected chi connectivity index (χ3v) is 4.44. The molecule has 1 aromatic rings. The van der Waals surface area contributed by atoms with Crippen molar-refractivity contribution in [1.29, 1.82) is 0 Å². The molecule has 0 aliphatic carbocycles. The van der Waals surface area contributed by atoms with Gasteiger partial charge < -0.3 is 9.64 Å². The molecule has 1 aromatic carbocycles. The molecule has 0 spiro atoms. The molecule has 122 valence electrons. The van der Waals surface area contributed by atoms with E-state index in [9.17, 15) is 4.79 Å². The molecular formula is C18H28N2O2. The van der Waals surface area contributed by atoms with Gasteiger partial charge in [-0.1, -0.05) is 32.0 Å². The van der Waals surface area contributed by atoms with E-state index in [2.05, 4.69) is 18.7 Å². The summed E-state index contributed by atoms with van der Waals surface area (Å²) >= 11 is 0. The number of piperazine rings is 1. The molecule has 1 heterocycles. The van der Waals surface area contributed by atoms with Crippen molar-refractivity contribution in [3.05, 3.63) is 30.3 Å². The van der Waals surface area contributed by atoms with Gasteiger partial charge in [-0.05, 0) is 25.0 Å². The Morgan fingerprint density at radius 3 is 2.32 bits per heavy atom. The Balaban J connectivity index is 1.68. The maximum atomic E-state index is 12.3. The fourth-order valence-corrected chi connectivity index (χ4v) is 2.90. The van der Waals surface area contributed by atoms with Gasteiger partial charge in [-0.15, -0.1) is 0 Å². The number of nitrogens with zero attached hydrogens (tertiary/aromatic N) is 2. The van der Waals surface area contributed by atoms with Crippen LogP contribution in [0.2, 0.25) is 0 Å². The van der Waals surface area contributed by atoms with Crippen molar-refractivity contribution < 1.29 is 9.53 Å². The standard InChI is InChI=1S/C18H28N2O2/c1-3-16(4-2)18(21)20-12-10-19(11-13-20)14-15-22-17-8-6-5-7-9-17/h5-9,16H,3-4,10-15H2,1-2H3. The summed E-state index contributed by atoms with van der Waals surface area (Å²) in [6, 6.07) is 9.91. The molecule has 0 bridgehead atoms. The SMILES string of the molecule is CCC(CC)C(=O)N1CCN(CCOc2ccccc2)CC1. The predicted octanol–water partition coefficient (Wildman–Crippen LogP) is 2.65. The topological polar surface area (TPSA) is 32.8 Å². The zero-order valence-electron chi connectivity index (χ0n) is 13.8. The van der Waals surface area contributed by atoms with Gasteiger partial charge in [0.15, 0.2) is 0 Å². The molecule has 0 atom stereocenters. The smallest absolute Gasteiger partial charge is 0.225 e. The van der Waals surface area contributed by atoms with Gasteiger partial charge in [-0.25, -0.2) is 0 Å². The summed E-state index contributed by atoms with van der Waals surface area (Å²) in [6.07, 6.45) is 1.89. The molecule has 0 radical (unpaired) electrons. The maximum absolute atomic E-state index is 12.3. The molecule has 0 aromatic heterocycles. The highest BCUT2D eigenvalue weighted by Gasteiger charge is 2.25. The number of para-hydroxylation sites is 1. The molecule has 2 rings (SSSR count). The number of benzene rings is 1. The molecule has 1 fully saturated rings. The fourth-order valence-electron chi connectivity index (χ4n) is 2.90. The molecule has 1 amide bonds. The van der Waals surface area contributed by atoms with E-state index < -0.39 is 0 Å². The zero-order chi connectivity index (χ0) is 15.8. The van der Waals surface area contributed by atoms with Crippen molar-refractivity contribution in [1.82, 2.24) is 9.80 Å². The van der Waals surface area contributed by atoms with Crippen LogP contribution in [0.3, 0.4) is 0 Å². The summed E-state index contributed by atoms with van der Waals surface area (Å²) in [7, 11) is 0. The number of hydrogen-bond acceptors (Lipinski definition) is 3. The van der Waals surface area contributed by atoms with Crippen LogP contribution in [0, 0.1) is 5.92 Å². The Bertz CT molecular complexity index is 438. The van der Waals surface area contributed by atoms with Gasteiger partial charge in [-0.2, -0.15) is 0 Å². The third-order valence-electron chi connectivity index (χ3n) is 4.44. The Kier molecular flexibility index (Phi) is 6.72. The first-order chi connectivity index (χ1) is 10.7. The Morgan fingerprint density at radius 2 is 1.73 bits per heavy atom. The van der Waals surface area contributed by atoms with E-state index >= 15 is 0 Å². The molecule has 0 unspecified atom stereocenters. The van der Waals surface area contributed by atoms with Crippen molar-refractivity contribution in [3.8, 4) is 5.75 Å². The molecule has 4 nitrogen and oxygen atoms in total. The molecule has 1 aliphatic rings. The zero-order valence-corrected chi connectivity index (χ0v) is 13.8. The summed E-state index contributed by atoms with van der Waals surface area (Å²) in [4.78, 5) is 16.8. The average Bonchev–Trinajstić information content (AvgIpc) is 2.57. The highest BCUT2D eigenvalue weighted by molar-refractivity contribution is 5.78. The Morgan fingerprint density at radius 1 is 1.09 bits per heavy atom. The lowest BCUT2D eigenvalue weighted by atomic mass is 10.0. The van der Waals surface area contributed by atoms with Gasteiger partial charge in [0.1, 0.15) is 12.4 Å². The lowest BCUT2D eigenvalue weighted by molar-refractivity contribution is -0.137. The molecular weight excluding hydrogens is 276 g/mol. The van der Waals surface area contributed by atoms with Crippen molar-refractivity contribution in [2.75, 3.05) is 39.3 Å². The summed E-state index contributed by atoms with van der Waals surface area (Å²) in [5, 5.41) is 0. The van der Waals surface area contributed by atoms with Crippen LogP contribution in [0.4, 0.5) is 0 Å². The molecule has 1 saturated heterocycles. The van der Waals surface area contributed by atoms with Gasteiger partial charge in [0.05, 0.1) is 0 Å². The van der Waals surface area contributed by atoms with Crippen molar-refractivity contribution >= 4 is 5.91 Å². The molecule has 0 N–H and O–H groups in total. The Hall–Kier alpha value is -1.55. The second-order valence-electron chi connectivity index (χ2n) is 5.84. The molecule has 0 saturated carbocycles. The third kappa shape index (κ3) is 4.73. The first-order valence-electron chi connectivity index (χ1n) is 8.43. The predicted molar refractivity (Wildman–Crippen MR) is 89.0 cm³/mol. The lowest BCUT2D eigenvalue weighted by Gasteiger charge is -2.36. The summed E-state index contributed by atoms with van der Waals surface area (Å²) < 4.78 is 5.73. The van der Waals surface area contributed by atoms with Crippen molar-refractivity contribution in [2.45, 2.75) is 26.7 Å². The van der Waals surface area contributed by atoms with Crippen LogP contribution in [-0.2, 0) is 4.79 Å². The summed E-state index contributed by atoms with van der Waals surface area (Å²) in [5.74, 6) is 1.46. The number of carbonyl (C=O) groups is 1. The molecule has 22 heavy (non-hydrogen) atoms. The van der Waals surface area contributed by atoms with Gasteiger partial charge in [0, 0.05) is 38.6 Å². The van der Waals surface area contributed by atoms with E-state index in [1.807, 2.05) is 35.2 Å². The van der Waals surface area contributed by atoms with E-state index in [0.29, 0.717) is 12.5 Å².